The summed E-state index contributed by atoms with van der Waals surface area (Å²) in [5.74, 6) is -1.52. The summed E-state index contributed by atoms with van der Waals surface area (Å²) in [5.41, 5.74) is 0.270. The molecule has 0 saturated carbocycles. The molecule has 1 aromatic heterocycles. The Morgan fingerprint density at radius 1 is 1.55 bits per heavy atom. The Morgan fingerprint density at radius 3 is 2.90 bits per heavy atom. The zero-order valence-corrected chi connectivity index (χ0v) is 12.0. The molecule has 1 amide bonds. The van der Waals surface area contributed by atoms with Gasteiger partial charge < -0.3 is 15.2 Å². The molecule has 1 aliphatic heterocycles. The molecule has 1 unspecified atom stereocenters. The zero-order chi connectivity index (χ0) is 14.5. The van der Waals surface area contributed by atoms with E-state index in [0.717, 1.165) is 31.3 Å². The van der Waals surface area contributed by atoms with Crippen molar-refractivity contribution in [2.45, 2.75) is 19.5 Å². The topological polar surface area (TPSA) is 91.8 Å². The molecule has 0 aromatic carbocycles. The standard InChI is InChI=1S/C12H17N3O4S/c1-8(12(17)18)13-11(16)9-7-20-10(14-9)6-15-2-4-19-5-3-15/h7-8H,2-6H2,1H3,(H,13,16)(H,17,18). The van der Waals surface area contributed by atoms with Crippen LogP contribution in [-0.4, -0.2) is 59.2 Å². The molecule has 1 fully saturated rings. The lowest BCUT2D eigenvalue weighted by atomic mass is 10.3. The van der Waals surface area contributed by atoms with Gasteiger partial charge in [-0.25, -0.2) is 4.98 Å². The molecule has 1 saturated heterocycles. The fourth-order valence-electron chi connectivity index (χ4n) is 1.77. The molecule has 2 N–H and O–H groups in total. The monoisotopic (exact) mass is 299 g/mol. The van der Waals surface area contributed by atoms with Gasteiger partial charge in [0.2, 0.25) is 0 Å². The molecule has 0 bridgehead atoms. The van der Waals surface area contributed by atoms with Crippen LogP contribution >= 0.6 is 11.3 Å². The molecule has 0 radical (unpaired) electrons. The molecule has 1 aromatic rings. The van der Waals surface area contributed by atoms with Gasteiger partial charge in [0.1, 0.15) is 16.7 Å². The average molecular weight is 299 g/mol. The van der Waals surface area contributed by atoms with E-state index < -0.39 is 17.9 Å². The molecule has 1 atom stereocenters. The van der Waals surface area contributed by atoms with E-state index in [-0.39, 0.29) is 5.69 Å². The number of amides is 1. The molecular formula is C12H17N3O4S. The Labute approximate surface area is 120 Å². The van der Waals surface area contributed by atoms with Crippen molar-refractivity contribution in [3.63, 3.8) is 0 Å². The Hall–Kier alpha value is -1.51. The van der Waals surface area contributed by atoms with Crippen molar-refractivity contribution in [3.05, 3.63) is 16.1 Å². The maximum Gasteiger partial charge on any atom is 0.325 e. The van der Waals surface area contributed by atoms with Gasteiger partial charge in [-0.1, -0.05) is 0 Å². The smallest absolute Gasteiger partial charge is 0.325 e. The van der Waals surface area contributed by atoms with Crippen LogP contribution in [0.2, 0.25) is 0 Å². The highest BCUT2D eigenvalue weighted by atomic mass is 32.1. The van der Waals surface area contributed by atoms with E-state index in [9.17, 15) is 9.59 Å². The van der Waals surface area contributed by atoms with Crippen molar-refractivity contribution >= 4 is 23.2 Å². The number of morpholine rings is 1. The minimum absolute atomic E-state index is 0.270. The molecule has 8 heteroatoms. The summed E-state index contributed by atoms with van der Waals surface area (Å²) in [6.45, 7) is 5.26. The van der Waals surface area contributed by atoms with Gasteiger partial charge in [0.25, 0.3) is 5.91 Å². The number of thiazole rings is 1. The van der Waals surface area contributed by atoms with Crippen LogP contribution in [0, 0.1) is 0 Å². The summed E-state index contributed by atoms with van der Waals surface area (Å²) in [5, 5.41) is 13.6. The third-order valence-electron chi connectivity index (χ3n) is 2.96. The van der Waals surface area contributed by atoms with Crippen molar-refractivity contribution in [2.75, 3.05) is 26.3 Å². The number of rotatable bonds is 5. The Balaban J connectivity index is 1.90. The number of hydrogen-bond acceptors (Lipinski definition) is 6. The van der Waals surface area contributed by atoms with Crippen molar-refractivity contribution in [1.82, 2.24) is 15.2 Å². The molecule has 0 spiro atoms. The lowest BCUT2D eigenvalue weighted by molar-refractivity contribution is -0.138. The van der Waals surface area contributed by atoms with Crippen molar-refractivity contribution in [1.29, 1.82) is 0 Å². The van der Waals surface area contributed by atoms with Gasteiger partial charge in [0.15, 0.2) is 0 Å². The van der Waals surface area contributed by atoms with Crippen molar-refractivity contribution in [2.24, 2.45) is 0 Å². The van der Waals surface area contributed by atoms with Gasteiger partial charge in [-0.3, -0.25) is 14.5 Å². The highest BCUT2D eigenvalue weighted by molar-refractivity contribution is 7.09. The van der Waals surface area contributed by atoms with Crippen LogP contribution in [0.1, 0.15) is 22.4 Å². The second kappa shape index (κ2) is 6.78. The molecule has 7 nitrogen and oxygen atoms in total. The number of carbonyl (C=O) groups excluding carboxylic acids is 1. The maximum absolute atomic E-state index is 11.8. The van der Waals surface area contributed by atoms with E-state index in [0.29, 0.717) is 6.54 Å². The van der Waals surface area contributed by atoms with Gasteiger partial charge in [0, 0.05) is 18.5 Å². The second-order valence-electron chi connectivity index (χ2n) is 4.55. The summed E-state index contributed by atoms with van der Waals surface area (Å²) in [4.78, 5) is 28.9. The number of ether oxygens (including phenoxy) is 1. The normalized spacial score (nSPS) is 17.6. The lowest BCUT2D eigenvalue weighted by Gasteiger charge is -2.25. The number of hydrogen-bond donors (Lipinski definition) is 2. The molecule has 2 heterocycles. The number of carboxylic acids is 1. The first-order valence-corrected chi connectivity index (χ1v) is 7.22. The second-order valence-corrected chi connectivity index (χ2v) is 5.49. The number of nitrogens with one attached hydrogen (secondary N) is 1. The minimum atomic E-state index is -1.07. The summed E-state index contributed by atoms with van der Waals surface area (Å²) in [6.07, 6.45) is 0. The number of aliphatic carboxylic acids is 1. The van der Waals surface area contributed by atoms with Gasteiger partial charge >= 0.3 is 5.97 Å². The first-order chi connectivity index (χ1) is 9.56. The van der Waals surface area contributed by atoms with Gasteiger partial charge in [0.05, 0.1) is 19.8 Å². The predicted molar refractivity (Wildman–Crippen MR) is 72.8 cm³/mol. The van der Waals surface area contributed by atoms with Crippen LogP contribution in [0.5, 0.6) is 0 Å². The molecule has 110 valence electrons. The number of aromatic nitrogens is 1. The van der Waals surface area contributed by atoms with E-state index in [2.05, 4.69) is 15.2 Å². The third kappa shape index (κ3) is 3.99. The van der Waals surface area contributed by atoms with Crippen LogP contribution in [0.25, 0.3) is 0 Å². The van der Waals surface area contributed by atoms with Crippen LogP contribution < -0.4 is 5.32 Å². The number of nitrogens with zero attached hydrogens (tertiary/aromatic N) is 2. The SMILES string of the molecule is CC(NC(=O)c1csc(CN2CCOCC2)n1)C(=O)O. The maximum atomic E-state index is 11.8. The fraction of sp³-hybridized carbons (Fsp3) is 0.583. The number of carboxylic acid groups (broad SMARTS) is 1. The van der Waals surface area contributed by atoms with E-state index in [1.165, 1.54) is 18.3 Å². The van der Waals surface area contributed by atoms with Gasteiger partial charge in [-0.2, -0.15) is 0 Å². The van der Waals surface area contributed by atoms with Gasteiger partial charge in [-0.05, 0) is 6.92 Å². The summed E-state index contributed by atoms with van der Waals surface area (Å²) in [7, 11) is 0. The van der Waals surface area contributed by atoms with Crippen LogP contribution in [0.3, 0.4) is 0 Å². The lowest BCUT2D eigenvalue weighted by Crippen LogP contribution is -2.38. The van der Waals surface area contributed by atoms with Crippen LogP contribution in [0.15, 0.2) is 5.38 Å². The van der Waals surface area contributed by atoms with E-state index in [1.807, 2.05) is 0 Å². The van der Waals surface area contributed by atoms with Gasteiger partial charge in [-0.15, -0.1) is 11.3 Å². The molecule has 1 aliphatic rings. The molecular weight excluding hydrogens is 282 g/mol. The Morgan fingerprint density at radius 2 is 2.25 bits per heavy atom. The third-order valence-corrected chi connectivity index (χ3v) is 3.80. The molecule has 20 heavy (non-hydrogen) atoms. The van der Waals surface area contributed by atoms with Crippen molar-refractivity contribution in [3.8, 4) is 0 Å². The first-order valence-electron chi connectivity index (χ1n) is 6.34. The predicted octanol–water partition coefficient (Wildman–Crippen LogP) is 0.178. The fourth-order valence-corrected chi connectivity index (χ4v) is 2.59. The first kappa shape index (κ1) is 14.9. The van der Waals surface area contributed by atoms with E-state index >= 15 is 0 Å². The van der Waals surface area contributed by atoms with Crippen LogP contribution in [0.4, 0.5) is 0 Å². The molecule has 0 aliphatic carbocycles. The average Bonchev–Trinajstić information content (AvgIpc) is 2.88. The Kier molecular flexibility index (Phi) is 5.05. The summed E-state index contributed by atoms with van der Waals surface area (Å²) < 4.78 is 5.27. The Bertz CT molecular complexity index is 485. The summed E-state index contributed by atoms with van der Waals surface area (Å²) >= 11 is 1.41. The minimum Gasteiger partial charge on any atom is -0.480 e. The van der Waals surface area contributed by atoms with E-state index in [4.69, 9.17) is 9.84 Å². The summed E-state index contributed by atoms with van der Waals surface area (Å²) in [6, 6.07) is -0.924. The number of carbonyl (C=O) groups is 2. The molecule has 2 rings (SSSR count). The highest BCUT2D eigenvalue weighted by Gasteiger charge is 2.18. The quantitative estimate of drug-likeness (QED) is 0.806. The van der Waals surface area contributed by atoms with Crippen molar-refractivity contribution < 1.29 is 19.4 Å². The highest BCUT2D eigenvalue weighted by Crippen LogP contribution is 2.13. The zero-order valence-electron chi connectivity index (χ0n) is 11.2. The largest absolute Gasteiger partial charge is 0.480 e. The van der Waals surface area contributed by atoms with Crippen LogP contribution in [-0.2, 0) is 16.1 Å². The van der Waals surface area contributed by atoms with E-state index in [1.54, 1.807) is 5.38 Å².